The number of carbonyl (C=O) groups is 9. The molecule has 4 aromatic rings. The lowest BCUT2D eigenvalue weighted by molar-refractivity contribution is -0.165. The van der Waals surface area contributed by atoms with Crippen molar-refractivity contribution < 1.29 is 75.9 Å². The molecular weight excluding hydrogens is 1190 g/mol. The van der Waals surface area contributed by atoms with Crippen LogP contribution in [0.25, 0.3) is 0 Å². The zero-order valence-corrected chi connectivity index (χ0v) is 55.1. The van der Waals surface area contributed by atoms with Gasteiger partial charge in [-0.15, -0.1) is 0 Å². The lowest BCUT2D eigenvalue weighted by Gasteiger charge is -2.36. The maximum absolute atomic E-state index is 14.9. The van der Waals surface area contributed by atoms with Crippen LogP contribution in [0.2, 0.25) is 0 Å². The number of nitrogens with one attached hydrogen (secondary N) is 2. The molecule has 6 amide bonds. The molecule has 2 N–H and O–H groups in total. The fraction of sp³-hybridized carbons (Fsp3) is 0.485. The number of Topliss-reactive ketones (excluding diaryl/α,β-unsaturated/α-hetero) is 1. The van der Waals surface area contributed by atoms with Crippen LogP contribution in [0.3, 0.4) is 0 Å². The number of likely N-dealkylation sites (N-methyl/N-ethyl adjacent to an activating group) is 2. The molecule has 0 spiro atoms. The number of piperidine rings is 1. The maximum Gasteiger partial charge on any atom is 0.330 e. The summed E-state index contributed by atoms with van der Waals surface area (Å²) in [6.45, 7) is 10.3. The molecule has 2 heterocycles. The SMILES string of the molecule is CCCN1CC(=O)N[C@@H](Cc2ccc(OP(C)(C)=O)cc2)C(=O)N[C@H](c2ccccc2)C(=O)N(C)CC/C=C\C(=O)OCC(C)(C)C(=O)C(=O)N2CCCC[C@H]2C(=O)O[C@H](CCc2ccc(OC)c(OC)c2)c2cccc(c2)OCC(=O)N(C)[C@@H](CC(C)C)C1=O. The fourth-order valence-corrected chi connectivity index (χ4v) is 11.3. The van der Waals surface area contributed by atoms with Gasteiger partial charge in [-0.25, -0.2) is 9.59 Å². The van der Waals surface area contributed by atoms with E-state index in [1.807, 2.05) is 32.9 Å². The van der Waals surface area contributed by atoms with Crippen molar-refractivity contribution in [2.45, 2.75) is 123 Å². The Hall–Kier alpha value is -8.52. The van der Waals surface area contributed by atoms with Gasteiger partial charge in [-0.2, -0.15) is 0 Å². The highest BCUT2D eigenvalue weighted by atomic mass is 31.2. The third-order valence-corrected chi connectivity index (χ3v) is 16.3. The largest absolute Gasteiger partial charge is 0.493 e. The second-order valence-corrected chi connectivity index (χ2v) is 27.1. The van der Waals surface area contributed by atoms with Crippen molar-refractivity contribution in [1.82, 2.24) is 30.2 Å². The molecule has 0 unspecified atom stereocenters. The van der Waals surface area contributed by atoms with Crippen molar-refractivity contribution in [2.75, 3.05) is 81.0 Å². The Balaban J connectivity index is 1.35. The van der Waals surface area contributed by atoms with Crippen molar-refractivity contribution in [1.29, 1.82) is 0 Å². The second-order valence-electron chi connectivity index (χ2n) is 24.4. The average molecular weight is 1280 g/mol. The first-order chi connectivity index (χ1) is 43.2. The van der Waals surface area contributed by atoms with Crippen LogP contribution in [0.5, 0.6) is 23.0 Å². The van der Waals surface area contributed by atoms with Gasteiger partial charge in [0.05, 0.1) is 26.2 Å². The van der Waals surface area contributed by atoms with Crippen LogP contribution in [-0.4, -0.2) is 172 Å². The minimum atomic E-state index is -2.93. The molecule has 5 atom stereocenters. The number of cyclic esters (lactones) is 2. The molecule has 23 heteroatoms. The van der Waals surface area contributed by atoms with E-state index in [0.717, 1.165) is 11.6 Å². The van der Waals surface area contributed by atoms with Gasteiger partial charge < -0.3 is 58.4 Å². The van der Waals surface area contributed by atoms with E-state index in [4.69, 9.17) is 28.2 Å². The second kappa shape index (κ2) is 33.5. The van der Waals surface area contributed by atoms with E-state index >= 15 is 0 Å². The van der Waals surface area contributed by atoms with Gasteiger partial charge in [0, 0.05) is 59.6 Å². The molecule has 2 aliphatic rings. The number of benzene rings is 4. The molecule has 4 aromatic carbocycles. The summed E-state index contributed by atoms with van der Waals surface area (Å²) < 4.78 is 47.1. The summed E-state index contributed by atoms with van der Waals surface area (Å²) in [5, 5.41) is 5.70. The lowest BCUT2D eigenvalue weighted by atomic mass is 9.87. The Morgan fingerprint density at radius 2 is 1.46 bits per heavy atom. The quantitative estimate of drug-likeness (QED) is 0.0691. The molecule has 0 radical (unpaired) electrons. The zero-order chi connectivity index (χ0) is 66.6. The summed E-state index contributed by atoms with van der Waals surface area (Å²) in [4.78, 5) is 134. The number of fused-ring (bicyclic) bond motifs is 3. The van der Waals surface area contributed by atoms with Crippen LogP contribution >= 0.6 is 7.37 Å². The molecule has 1 saturated heterocycles. The van der Waals surface area contributed by atoms with E-state index < -0.39 is 116 Å². The molecule has 6 rings (SSSR count). The van der Waals surface area contributed by atoms with Crippen molar-refractivity contribution in [2.24, 2.45) is 11.3 Å². The van der Waals surface area contributed by atoms with Crippen LogP contribution < -0.4 is 29.4 Å². The predicted octanol–water partition coefficient (Wildman–Crippen LogP) is 7.85. The first kappa shape index (κ1) is 71.6. The topological polar surface area (TPSA) is 263 Å². The minimum Gasteiger partial charge on any atom is -0.493 e. The Morgan fingerprint density at radius 1 is 0.769 bits per heavy atom. The van der Waals surface area contributed by atoms with Crippen molar-refractivity contribution in [3.05, 3.63) is 131 Å². The van der Waals surface area contributed by atoms with Crippen LogP contribution in [0.4, 0.5) is 0 Å². The van der Waals surface area contributed by atoms with Crippen LogP contribution in [-0.2, 0) is 70.0 Å². The normalized spacial score (nSPS) is 21.5. The maximum atomic E-state index is 14.9. The summed E-state index contributed by atoms with van der Waals surface area (Å²) in [5.74, 6) is -4.93. The van der Waals surface area contributed by atoms with Gasteiger partial charge >= 0.3 is 11.9 Å². The number of carbonyl (C=O) groups excluding carboxylic acids is 9. The summed E-state index contributed by atoms with van der Waals surface area (Å²) in [7, 11) is 3.14. The minimum absolute atomic E-state index is 0.0642. The summed E-state index contributed by atoms with van der Waals surface area (Å²) in [5.41, 5.74) is 0.797. The molecule has 1 fully saturated rings. The molecular formula is C68H89N6O16P. The average Bonchev–Trinajstić information content (AvgIpc) is 3.75. The highest BCUT2D eigenvalue weighted by molar-refractivity contribution is 7.57. The van der Waals surface area contributed by atoms with E-state index in [1.165, 1.54) is 81.2 Å². The molecule has 0 aliphatic carbocycles. The highest BCUT2D eigenvalue weighted by Crippen LogP contribution is 2.39. The van der Waals surface area contributed by atoms with Crippen LogP contribution in [0.1, 0.15) is 114 Å². The Labute approximate surface area is 534 Å². The molecule has 0 aromatic heterocycles. The smallest absolute Gasteiger partial charge is 0.330 e. The summed E-state index contributed by atoms with van der Waals surface area (Å²) >= 11 is 0. The number of aryl methyl sites for hydroxylation is 1. The molecule has 492 valence electrons. The van der Waals surface area contributed by atoms with Crippen molar-refractivity contribution >= 4 is 60.5 Å². The number of esters is 2. The number of ether oxygens (including phenoxy) is 5. The lowest BCUT2D eigenvalue weighted by Crippen LogP contribution is -2.55. The number of methoxy groups -OCH3 is 2. The van der Waals surface area contributed by atoms with Gasteiger partial charge in [0.1, 0.15) is 48.4 Å². The molecule has 91 heavy (non-hydrogen) atoms. The Bertz CT molecular complexity index is 3280. The van der Waals surface area contributed by atoms with Gasteiger partial charge in [0.2, 0.25) is 36.8 Å². The number of nitrogens with zero attached hydrogens (tertiary/aromatic N) is 4. The Kier molecular flexibility index (Phi) is 26.4. The zero-order valence-electron chi connectivity index (χ0n) is 54.2. The third kappa shape index (κ3) is 21.0. The van der Waals surface area contributed by atoms with Gasteiger partial charge in [-0.05, 0) is 130 Å². The van der Waals surface area contributed by atoms with Crippen molar-refractivity contribution in [3.8, 4) is 23.0 Å². The predicted molar refractivity (Wildman–Crippen MR) is 341 cm³/mol. The third-order valence-electron chi connectivity index (χ3n) is 15.7. The van der Waals surface area contributed by atoms with Gasteiger partial charge in [-0.3, -0.25) is 38.1 Å². The highest BCUT2D eigenvalue weighted by Gasteiger charge is 2.43. The summed E-state index contributed by atoms with van der Waals surface area (Å²) in [6.07, 6.45) is 4.28. The molecule has 22 nitrogen and oxygen atoms in total. The van der Waals surface area contributed by atoms with E-state index in [0.29, 0.717) is 59.6 Å². The van der Waals surface area contributed by atoms with Gasteiger partial charge in [0.15, 0.2) is 18.1 Å². The van der Waals surface area contributed by atoms with Crippen molar-refractivity contribution in [3.63, 3.8) is 0 Å². The first-order valence-electron chi connectivity index (χ1n) is 30.8. The standard InChI is InChI=1S/C68H89N6O16P/c1-12-35-73-42-58(75)69-52(39-46-27-31-50(32-28-46)90-91(10,11)84)63(79)70-61(48-21-14-13-15-22-48)65(81)71(6)36-18-17-26-60(77)88-44-68(4,5)62(78)66(82)74-37-19-16-25-53(74)67(83)89-55(33-29-47-30-34-56(85-8)57(40-47)86-9)49-23-20-24-51(41-49)87-43-59(76)72(7)54(64(73)80)38-45(2)3/h13-15,17,20-24,26-28,30-32,34,40-41,45,52-55,61H,12,16,18-19,25,29,33,35-39,42-44H2,1-11H3,(H,69,75)(H,70,79)/b26-17-/t52-,53-,54-,55+,61+/m0/s1. The van der Waals surface area contributed by atoms with E-state index in [2.05, 4.69) is 10.6 Å². The number of ketones is 1. The van der Waals surface area contributed by atoms with E-state index in [-0.39, 0.29) is 63.4 Å². The summed E-state index contributed by atoms with van der Waals surface area (Å²) in [6, 6.07) is 22.4. The fourth-order valence-electron chi connectivity index (χ4n) is 10.6. The Morgan fingerprint density at radius 3 is 2.13 bits per heavy atom. The van der Waals surface area contributed by atoms with Crippen LogP contribution in [0, 0.1) is 11.3 Å². The first-order valence-corrected chi connectivity index (χ1v) is 33.3. The number of hydrogen-bond acceptors (Lipinski definition) is 16. The molecule has 0 saturated carbocycles. The molecule has 2 aliphatic heterocycles. The number of amides is 6. The van der Waals surface area contributed by atoms with E-state index in [9.17, 15) is 47.7 Å². The monoisotopic (exact) mass is 1280 g/mol. The van der Waals surface area contributed by atoms with E-state index in [1.54, 1.807) is 84.9 Å². The number of hydrogen-bond donors (Lipinski definition) is 2. The molecule has 2 bridgehead atoms. The van der Waals surface area contributed by atoms with Gasteiger partial charge in [0.25, 0.3) is 11.8 Å². The number of rotatable bonds is 14. The van der Waals surface area contributed by atoms with Crippen LogP contribution in [0.15, 0.2) is 109 Å². The van der Waals surface area contributed by atoms with Gasteiger partial charge in [-0.1, -0.05) is 87.5 Å².